The van der Waals surface area contributed by atoms with Crippen molar-refractivity contribution in [1.29, 1.82) is 0 Å². The topological polar surface area (TPSA) is 29.3 Å². The van der Waals surface area contributed by atoms with Gasteiger partial charge in [0, 0.05) is 24.2 Å². The summed E-state index contributed by atoms with van der Waals surface area (Å²) in [5.74, 6) is -0.133. The Morgan fingerprint density at radius 2 is 2.18 bits per heavy atom. The van der Waals surface area contributed by atoms with E-state index < -0.39 is 0 Å². The van der Waals surface area contributed by atoms with E-state index in [2.05, 4.69) is 4.90 Å². The molecule has 1 heterocycles. The third-order valence-electron chi connectivity index (χ3n) is 4.41. The number of hydrogen-bond acceptors (Lipinski definition) is 2. The summed E-state index contributed by atoms with van der Waals surface area (Å²) in [6.45, 7) is 2.77. The number of halogens is 1. The third-order valence-corrected chi connectivity index (χ3v) is 4.41. The molecular weight excluding hydrogens is 215 g/mol. The zero-order valence-corrected chi connectivity index (χ0v) is 10.1. The minimum atomic E-state index is -0.133. The molecule has 0 spiro atoms. The molecular formula is C14H19FN2. The smallest absolute Gasteiger partial charge is 0.125 e. The maximum atomic E-state index is 13.3. The van der Waals surface area contributed by atoms with E-state index in [9.17, 15) is 4.39 Å². The molecule has 3 heteroatoms. The van der Waals surface area contributed by atoms with E-state index in [1.54, 1.807) is 12.1 Å². The van der Waals surface area contributed by atoms with Gasteiger partial charge in [-0.1, -0.05) is 12.5 Å². The van der Waals surface area contributed by atoms with Crippen LogP contribution in [0.15, 0.2) is 18.2 Å². The Morgan fingerprint density at radius 3 is 2.82 bits per heavy atom. The van der Waals surface area contributed by atoms with Gasteiger partial charge in [-0.05, 0) is 43.5 Å². The monoisotopic (exact) mass is 234 g/mol. The Labute approximate surface area is 102 Å². The van der Waals surface area contributed by atoms with E-state index in [4.69, 9.17) is 5.73 Å². The van der Waals surface area contributed by atoms with Crippen molar-refractivity contribution in [3.05, 3.63) is 29.6 Å². The van der Waals surface area contributed by atoms with Gasteiger partial charge in [0.15, 0.2) is 0 Å². The molecule has 0 radical (unpaired) electrons. The van der Waals surface area contributed by atoms with Gasteiger partial charge >= 0.3 is 0 Å². The average molecular weight is 234 g/mol. The van der Waals surface area contributed by atoms with Crippen LogP contribution in [-0.2, 0) is 6.42 Å². The molecule has 1 aliphatic carbocycles. The number of rotatable bonds is 3. The van der Waals surface area contributed by atoms with Gasteiger partial charge in [0.25, 0.3) is 0 Å². The Bertz CT molecular complexity index is 421. The van der Waals surface area contributed by atoms with E-state index >= 15 is 0 Å². The highest BCUT2D eigenvalue weighted by atomic mass is 19.1. The predicted octanol–water partition coefficient (Wildman–Crippen LogP) is 2.32. The molecule has 1 saturated carbocycles. The van der Waals surface area contributed by atoms with E-state index in [-0.39, 0.29) is 5.82 Å². The third kappa shape index (κ3) is 1.82. The molecule has 0 bridgehead atoms. The highest BCUT2D eigenvalue weighted by Gasteiger charge is 2.38. The fraction of sp³-hybridized carbons (Fsp3) is 0.571. The lowest BCUT2D eigenvalue weighted by atomic mass is 9.68. The van der Waals surface area contributed by atoms with Crippen molar-refractivity contribution in [3.8, 4) is 0 Å². The number of fused-ring (bicyclic) bond motifs is 1. The van der Waals surface area contributed by atoms with E-state index in [1.807, 2.05) is 6.07 Å². The van der Waals surface area contributed by atoms with Crippen molar-refractivity contribution >= 4 is 5.69 Å². The van der Waals surface area contributed by atoms with Gasteiger partial charge in [0.1, 0.15) is 5.82 Å². The lowest BCUT2D eigenvalue weighted by molar-refractivity contribution is 0.153. The molecule has 0 aromatic heterocycles. The van der Waals surface area contributed by atoms with E-state index in [0.717, 1.165) is 31.7 Å². The highest BCUT2D eigenvalue weighted by Crippen LogP contribution is 2.42. The molecule has 3 rings (SSSR count). The lowest BCUT2D eigenvalue weighted by Gasteiger charge is -2.44. The van der Waals surface area contributed by atoms with Crippen LogP contribution in [-0.4, -0.2) is 19.6 Å². The summed E-state index contributed by atoms with van der Waals surface area (Å²) in [6, 6.07) is 5.15. The van der Waals surface area contributed by atoms with Crippen molar-refractivity contribution in [2.75, 3.05) is 24.5 Å². The standard InChI is InChI=1S/C14H19FN2/c15-12-3-2-11-4-7-17(13(11)8-12)10-14(9-16)5-1-6-14/h2-3,8H,1,4-7,9-10,16H2. The van der Waals surface area contributed by atoms with Crippen LogP contribution >= 0.6 is 0 Å². The summed E-state index contributed by atoms with van der Waals surface area (Å²) < 4.78 is 13.3. The van der Waals surface area contributed by atoms with E-state index in [0.29, 0.717) is 5.41 Å². The van der Waals surface area contributed by atoms with Crippen LogP contribution in [0.3, 0.4) is 0 Å². The Morgan fingerprint density at radius 1 is 1.35 bits per heavy atom. The summed E-state index contributed by atoms with van der Waals surface area (Å²) in [6.07, 6.45) is 4.78. The van der Waals surface area contributed by atoms with Crippen molar-refractivity contribution in [1.82, 2.24) is 0 Å². The van der Waals surface area contributed by atoms with Crippen LogP contribution in [0.2, 0.25) is 0 Å². The molecule has 2 nitrogen and oxygen atoms in total. The minimum absolute atomic E-state index is 0.133. The maximum absolute atomic E-state index is 13.3. The molecule has 0 saturated heterocycles. The molecule has 1 aromatic rings. The average Bonchev–Trinajstić information content (AvgIpc) is 2.66. The summed E-state index contributed by atoms with van der Waals surface area (Å²) >= 11 is 0. The van der Waals surface area contributed by atoms with Crippen molar-refractivity contribution in [2.45, 2.75) is 25.7 Å². The quantitative estimate of drug-likeness (QED) is 0.869. The van der Waals surface area contributed by atoms with Crippen LogP contribution < -0.4 is 10.6 Å². The van der Waals surface area contributed by atoms with Crippen LogP contribution in [0.5, 0.6) is 0 Å². The van der Waals surface area contributed by atoms with Gasteiger partial charge in [-0.25, -0.2) is 4.39 Å². The molecule has 92 valence electrons. The molecule has 2 aliphatic rings. The lowest BCUT2D eigenvalue weighted by Crippen LogP contribution is -2.46. The summed E-state index contributed by atoms with van der Waals surface area (Å²) in [4.78, 5) is 2.32. The molecule has 0 unspecified atom stereocenters. The fourth-order valence-electron chi connectivity index (χ4n) is 3.09. The maximum Gasteiger partial charge on any atom is 0.125 e. The second-order valence-corrected chi connectivity index (χ2v) is 5.50. The molecule has 0 atom stereocenters. The van der Waals surface area contributed by atoms with Crippen LogP contribution in [0, 0.1) is 11.2 Å². The first kappa shape index (κ1) is 11.0. The van der Waals surface area contributed by atoms with Crippen LogP contribution in [0.25, 0.3) is 0 Å². The zero-order valence-electron chi connectivity index (χ0n) is 10.1. The Balaban J connectivity index is 1.81. The summed E-state index contributed by atoms with van der Waals surface area (Å²) in [7, 11) is 0. The minimum Gasteiger partial charge on any atom is -0.370 e. The molecule has 17 heavy (non-hydrogen) atoms. The predicted molar refractivity (Wildman–Crippen MR) is 67.7 cm³/mol. The molecule has 1 aliphatic heterocycles. The van der Waals surface area contributed by atoms with Gasteiger partial charge in [0.2, 0.25) is 0 Å². The Kier molecular flexibility index (Phi) is 2.58. The van der Waals surface area contributed by atoms with Gasteiger partial charge in [-0.3, -0.25) is 0 Å². The second-order valence-electron chi connectivity index (χ2n) is 5.50. The van der Waals surface area contributed by atoms with Crippen molar-refractivity contribution in [2.24, 2.45) is 11.1 Å². The van der Waals surface area contributed by atoms with Gasteiger partial charge in [-0.15, -0.1) is 0 Å². The van der Waals surface area contributed by atoms with Gasteiger partial charge in [-0.2, -0.15) is 0 Å². The first-order valence-corrected chi connectivity index (χ1v) is 6.46. The van der Waals surface area contributed by atoms with Crippen LogP contribution in [0.1, 0.15) is 24.8 Å². The number of hydrogen-bond donors (Lipinski definition) is 1. The summed E-state index contributed by atoms with van der Waals surface area (Å²) in [5.41, 5.74) is 8.56. The fourth-order valence-corrected chi connectivity index (χ4v) is 3.09. The second kappa shape index (κ2) is 3.98. The van der Waals surface area contributed by atoms with Crippen LogP contribution in [0.4, 0.5) is 10.1 Å². The molecule has 0 amide bonds. The first-order chi connectivity index (χ1) is 8.22. The largest absolute Gasteiger partial charge is 0.370 e. The highest BCUT2D eigenvalue weighted by molar-refractivity contribution is 5.58. The normalized spacial score (nSPS) is 21.2. The van der Waals surface area contributed by atoms with Gasteiger partial charge < -0.3 is 10.6 Å². The van der Waals surface area contributed by atoms with Crippen molar-refractivity contribution < 1.29 is 4.39 Å². The Hall–Kier alpha value is -1.09. The summed E-state index contributed by atoms with van der Waals surface area (Å²) in [5, 5.41) is 0. The zero-order chi connectivity index (χ0) is 11.9. The van der Waals surface area contributed by atoms with E-state index in [1.165, 1.54) is 24.8 Å². The van der Waals surface area contributed by atoms with Gasteiger partial charge in [0.05, 0.1) is 0 Å². The first-order valence-electron chi connectivity index (χ1n) is 6.46. The number of anilines is 1. The molecule has 2 N–H and O–H groups in total. The number of benzene rings is 1. The van der Waals surface area contributed by atoms with Crippen molar-refractivity contribution in [3.63, 3.8) is 0 Å². The number of nitrogens with two attached hydrogens (primary N) is 1. The SMILES string of the molecule is NCC1(CN2CCc3ccc(F)cc32)CCC1. The molecule has 1 fully saturated rings. The molecule has 1 aromatic carbocycles. The number of nitrogens with zero attached hydrogens (tertiary/aromatic N) is 1.